The van der Waals surface area contributed by atoms with Crippen molar-refractivity contribution in [3.8, 4) is 0 Å². The van der Waals surface area contributed by atoms with Gasteiger partial charge >= 0.3 is 0 Å². The predicted octanol–water partition coefficient (Wildman–Crippen LogP) is 1.66. The molecule has 1 aliphatic heterocycles. The molecule has 1 saturated heterocycles. The van der Waals surface area contributed by atoms with Crippen LogP contribution in [-0.4, -0.2) is 19.8 Å². The molecule has 0 radical (unpaired) electrons. The van der Waals surface area contributed by atoms with Gasteiger partial charge in [-0.1, -0.05) is 29.8 Å². The molecule has 1 aliphatic rings. The first-order valence-electron chi connectivity index (χ1n) is 4.74. The van der Waals surface area contributed by atoms with E-state index in [-0.39, 0.29) is 0 Å². The van der Waals surface area contributed by atoms with Gasteiger partial charge in [0.1, 0.15) is 0 Å². The van der Waals surface area contributed by atoms with Crippen molar-refractivity contribution in [2.75, 3.05) is 19.8 Å². The normalized spacial score (nSPS) is 23.0. The Labute approximate surface area is 78.9 Å². The van der Waals surface area contributed by atoms with Gasteiger partial charge in [-0.25, -0.2) is 0 Å². The van der Waals surface area contributed by atoms with Crippen molar-refractivity contribution in [1.82, 2.24) is 5.32 Å². The highest BCUT2D eigenvalue weighted by Crippen LogP contribution is 2.15. The molecule has 1 aromatic carbocycles. The van der Waals surface area contributed by atoms with E-state index in [1.165, 1.54) is 11.1 Å². The fraction of sp³-hybridized carbons (Fsp3) is 0.455. The number of morpholine rings is 1. The van der Waals surface area contributed by atoms with E-state index in [0.717, 1.165) is 19.8 Å². The van der Waals surface area contributed by atoms with Crippen LogP contribution in [0.2, 0.25) is 0 Å². The molecule has 13 heavy (non-hydrogen) atoms. The van der Waals surface area contributed by atoms with Crippen LogP contribution in [0.3, 0.4) is 0 Å². The maximum absolute atomic E-state index is 5.40. The lowest BCUT2D eigenvalue weighted by Crippen LogP contribution is -2.34. The molecule has 1 atom stereocenters. The molecule has 1 N–H and O–H groups in total. The highest BCUT2D eigenvalue weighted by Gasteiger charge is 2.14. The Morgan fingerprint density at radius 1 is 1.31 bits per heavy atom. The van der Waals surface area contributed by atoms with E-state index in [9.17, 15) is 0 Å². The number of aryl methyl sites for hydroxylation is 1. The van der Waals surface area contributed by atoms with Gasteiger partial charge in [-0.2, -0.15) is 0 Å². The number of nitrogens with one attached hydrogen (secondary N) is 1. The van der Waals surface area contributed by atoms with E-state index in [1.54, 1.807) is 0 Å². The fourth-order valence-electron chi connectivity index (χ4n) is 1.58. The Hall–Kier alpha value is -0.860. The molecule has 1 heterocycles. The molecule has 0 amide bonds. The third-order valence-electron chi connectivity index (χ3n) is 2.40. The van der Waals surface area contributed by atoms with E-state index in [0.29, 0.717) is 6.04 Å². The van der Waals surface area contributed by atoms with Crippen LogP contribution < -0.4 is 5.32 Å². The van der Waals surface area contributed by atoms with Gasteiger partial charge in [-0.15, -0.1) is 0 Å². The molecule has 70 valence electrons. The second-order valence-corrected chi connectivity index (χ2v) is 3.49. The molecule has 0 aromatic heterocycles. The molecule has 0 aliphatic carbocycles. The summed E-state index contributed by atoms with van der Waals surface area (Å²) >= 11 is 0. The number of hydrogen-bond acceptors (Lipinski definition) is 2. The van der Waals surface area contributed by atoms with Crippen LogP contribution in [0.5, 0.6) is 0 Å². The first kappa shape index (κ1) is 8.73. The standard InChI is InChI=1S/C11H15NO/c1-9-2-4-10(5-3-9)11-8-13-7-6-12-11/h2-5,11-12H,6-8H2,1H3/t11-/m0/s1. The zero-order valence-electron chi connectivity index (χ0n) is 7.92. The minimum absolute atomic E-state index is 0.384. The summed E-state index contributed by atoms with van der Waals surface area (Å²) in [5.41, 5.74) is 2.63. The van der Waals surface area contributed by atoms with Gasteiger partial charge in [0.25, 0.3) is 0 Å². The predicted molar refractivity (Wildman–Crippen MR) is 52.7 cm³/mol. The van der Waals surface area contributed by atoms with Crippen LogP contribution >= 0.6 is 0 Å². The molecular weight excluding hydrogens is 162 g/mol. The smallest absolute Gasteiger partial charge is 0.0662 e. The fourth-order valence-corrected chi connectivity index (χ4v) is 1.58. The maximum Gasteiger partial charge on any atom is 0.0662 e. The molecule has 1 aromatic rings. The SMILES string of the molecule is Cc1ccc([C@@H]2COCCN2)cc1. The maximum atomic E-state index is 5.40. The monoisotopic (exact) mass is 177 g/mol. The van der Waals surface area contributed by atoms with Gasteiger partial charge in [0.05, 0.1) is 19.3 Å². The van der Waals surface area contributed by atoms with E-state index < -0.39 is 0 Å². The molecule has 2 rings (SSSR count). The van der Waals surface area contributed by atoms with Crippen molar-refractivity contribution in [1.29, 1.82) is 0 Å². The van der Waals surface area contributed by atoms with Gasteiger partial charge in [0.2, 0.25) is 0 Å². The van der Waals surface area contributed by atoms with Crippen LogP contribution in [0, 0.1) is 6.92 Å². The van der Waals surface area contributed by atoms with Crippen molar-refractivity contribution in [3.63, 3.8) is 0 Å². The van der Waals surface area contributed by atoms with E-state index in [4.69, 9.17) is 4.74 Å². The molecule has 1 fully saturated rings. The van der Waals surface area contributed by atoms with Gasteiger partial charge in [0, 0.05) is 6.54 Å². The molecule has 0 spiro atoms. The summed E-state index contributed by atoms with van der Waals surface area (Å²) in [5, 5.41) is 3.43. The summed E-state index contributed by atoms with van der Waals surface area (Å²) in [6.45, 7) is 4.69. The molecule has 2 heteroatoms. The topological polar surface area (TPSA) is 21.3 Å². The lowest BCUT2D eigenvalue weighted by Gasteiger charge is -2.24. The van der Waals surface area contributed by atoms with E-state index >= 15 is 0 Å². The minimum Gasteiger partial charge on any atom is -0.378 e. The number of benzene rings is 1. The van der Waals surface area contributed by atoms with Crippen LogP contribution in [-0.2, 0) is 4.74 Å². The number of hydrogen-bond donors (Lipinski definition) is 1. The summed E-state index contributed by atoms with van der Waals surface area (Å²) < 4.78 is 5.40. The highest BCUT2D eigenvalue weighted by molar-refractivity contribution is 5.24. The van der Waals surface area contributed by atoms with E-state index in [2.05, 4.69) is 36.5 Å². The van der Waals surface area contributed by atoms with Crippen molar-refractivity contribution in [2.24, 2.45) is 0 Å². The number of ether oxygens (including phenoxy) is 1. The summed E-state index contributed by atoms with van der Waals surface area (Å²) in [6, 6.07) is 9.01. The Bertz CT molecular complexity index is 262. The van der Waals surface area contributed by atoms with Gasteiger partial charge < -0.3 is 10.1 Å². The second-order valence-electron chi connectivity index (χ2n) is 3.49. The Balaban J connectivity index is 2.10. The third-order valence-corrected chi connectivity index (χ3v) is 2.40. The first-order chi connectivity index (χ1) is 6.36. The van der Waals surface area contributed by atoms with Gasteiger partial charge in [-0.3, -0.25) is 0 Å². The molecule has 0 bridgehead atoms. The zero-order valence-corrected chi connectivity index (χ0v) is 7.92. The van der Waals surface area contributed by atoms with Crippen molar-refractivity contribution in [2.45, 2.75) is 13.0 Å². The molecule has 0 saturated carbocycles. The summed E-state index contributed by atoms with van der Waals surface area (Å²) in [4.78, 5) is 0. The average Bonchev–Trinajstić information content (AvgIpc) is 2.20. The van der Waals surface area contributed by atoms with Crippen molar-refractivity contribution >= 4 is 0 Å². The zero-order chi connectivity index (χ0) is 9.10. The molecular formula is C11H15NO. The second kappa shape index (κ2) is 3.90. The molecule has 0 unspecified atom stereocenters. The van der Waals surface area contributed by atoms with Crippen molar-refractivity contribution < 1.29 is 4.74 Å². The van der Waals surface area contributed by atoms with Crippen LogP contribution in [0.4, 0.5) is 0 Å². The summed E-state index contributed by atoms with van der Waals surface area (Å²) in [5.74, 6) is 0. The highest BCUT2D eigenvalue weighted by atomic mass is 16.5. The largest absolute Gasteiger partial charge is 0.378 e. The number of rotatable bonds is 1. The van der Waals surface area contributed by atoms with E-state index in [1.807, 2.05) is 0 Å². The van der Waals surface area contributed by atoms with Crippen molar-refractivity contribution in [3.05, 3.63) is 35.4 Å². The lowest BCUT2D eigenvalue weighted by atomic mass is 10.1. The first-order valence-corrected chi connectivity index (χ1v) is 4.74. The minimum atomic E-state index is 0.384. The van der Waals surface area contributed by atoms with Crippen LogP contribution in [0.1, 0.15) is 17.2 Å². The lowest BCUT2D eigenvalue weighted by molar-refractivity contribution is 0.0769. The van der Waals surface area contributed by atoms with Gasteiger partial charge in [0.15, 0.2) is 0 Å². The average molecular weight is 177 g/mol. The van der Waals surface area contributed by atoms with Gasteiger partial charge in [-0.05, 0) is 12.5 Å². The quantitative estimate of drug-likeness (QED) is 0.704. The molecule has 2 nitrogen and oxygen atoms in total. The Morgan fingerprint density at radius 3 is 2.69 bits per heavy atom. The van der Waals surface area contributed by atoms with Crippen LogP contribution in [0.15, 0.2) is 24.3 Å². The Morgan fingerprint density at radius 2 is 2.08 bits per heavy atom. The Kier molecular flexibility index (Phi) is 2.62. The summed E-state index contributed by atoms with van der Waals surface area (Å²) in [6.07, 6.45) is 0. The van der Waals surface area contributed by atoms with Crippen LogP contribution in [0.25, 0.3) is 0 Å². The third kappa shape index (κ3) is 2.08. The summed E-state index contributed by atoms with van der Waals surface area (Å²) in [7, 11) is 0.